The van der Waals surface area contributed by atoms with Crippen LogP contribution in [0.5, 0.6) is 0 Å². The number of sulfone groups is 1. The summed E-state index contributed by atoms with van der Waals surface area (Å²) in [6.07, 6.45) is 2.81. The molecule has 1 aromatic carbocycles. The molecule has 0 atom stereocenters. The van der Waals surface area contributed by atoms with Crippen LogP contribution in [0.2, 0.25) is 0 Å². The van der Waals surface area contributed by atoms with Gasteiger partial charge in [-0.15, -0.1) is 11.3 Å². The smallest absolute Gasteiger partial charge is 0.255 e. The van der Waals surface area contributed by atoms with Crippen LogP contribution < -0.4 is 0 Å². The molecule has 1 aliphatic rings. The molecule has 1 aromatic heterocycles. The van der Waals surface area contributed by atoms with Gasteiger partial charge in [-0.1, -0.05) is 18.2 Å². The van der Waals surface area contributed by atoms with Crippen molar-refractivity contribution in [1.82, 2.24) is 4.90 Å². The van der Waals surface area contributed by atoms with Crippen molar-refractivity contribution < 1.29 is 13.2 Å². The van der Waals surface area contributed by atoms with E-state index in [2.05, 4.69) is 0 Å². The monoisotopic (exact) mass is 337 g/mol. The molecule has 4 nitrogen and oxygen atoms in total. The van der Waals surface area contributed by atoms with E-state index in [0.29, 0.717) is 13.1 Å². The van der Waals surface area contributed by atoms with E-state index in [1.165, 1.54) is 6.26 Å². The Morgan fingerprint density at radius 3 is 2.64 bits per heavy atom. The van der Waals surface area contributed by atoms with Gasteiger partial charge in [0.15, 0.2) is 0 Å². The Kier molecular flexibility index (Phi) is 4.23. The zero-order valence-electron chi connectivity index (χ0n) is 12.5. The molecule has 1 amide bonds. The average molecular weight is 337 g/mol. The molecule has 118 valence electrons. The van der Waals surface area contributed by atoms with Crippen LogP contribution in [-0.2, 0) is 9.84 Å². The molecule has 1 fully saturated rings. The molecule has 0 bridgehead atoms. The Hall–Kier alpha value is -1.40. The first-order valence-corrected chi connectivity index (χ1v) is 10.3. The summed E-state index contributed by atoms with van der Waals surface area (Å²) in [6, 6.07) is 7.93. The summed E-state index contributed by atoms with van der Waals surface area (Å²) in [6.45, 7) is 1.28. The molecule has 1 aliphatic heterocycles. The summed E-state index contributed by atoms with van der Waals surface area (Å²) in [5.74, 6) is 0.477. The number of likely N-dealkylation sites (tertiary alicyclic amines) is 1. The molecule has 2 heterocycles. The third kappa shape index (κ3) is 3.33. The predicted octanol–water partition coefficient (Wildman–Crippen LogP) is 2.80. The second kappa shape index (κ2) is 6.01. The SMILES string of the molecule is CS(=O)(=O)CC1CCN(C(=O)c2csc3ccccc23)CC1. The lowest BCUT2D eigenvalue weighted by Gasteiger charge is -2.31. The predicted molar refractivity (Wildman–Crippen MR) is 90.2 cm³/mol. The number of hydrogen-bond donors (Lipinski definition) is 0. The molecular weight excluding hydrogens is 318 g/mol. The lowest BCUT2D eigenvalue weighted by Crippen LogP contribution is -2.39. The normalized spacial score (nSPS) is 17.0. The van der Waals surface area contributed by atoms with Gasteiger partial charge in [-0.2, -0.15) is 0 Å². The van der Waals surface area contributed by atoms with Gasteiger partial charge in [0, 0.05) is 34.8 Å². The second-order valence-electron chi connectivity index (χ2n) is 5.97. The summed E-state index contributed by atoms with van der Waals surface area (Å²) in [7, 11) is -2.94. The van der Waals surface area contributed by atoms with Gasteiger partial charge in [-0.3, -0.25) is 4.79 Å². The van der Waals surface area contributed by atoms with E-state index in [1.54, 1.807) is 11.3 Å². The molecule has 0 spiro atoms. The number of benzene rings is 1. The number of carbonyl (C=O) groups is 1. The number of amides is 1. The Balaban J connectivity index is 1.70. The minimum absolute atomic E-state index is 0.0651. The van der Waals surface area contributed by atoms with Gasteiger partial charge in [0.05, 0.1) is 11.3 Å². The van der Waals surface area contributed by atoms with Crippen LogP contribution in [0.25, 0.3) is 10.1 Å². The maximum atomic E-state index is 12.7. The van der Waals surface area contributed by atoms with Crippen LogP contribution in [-0.4, -0.2) is 44.3 Å². The van der Waals surface area contributed by atoms with E-state index in [-0.39, 0.29) is 17.6 Å². The van der Waals surface area contributed by atoms with Crippen molar-refractivity contribution in [3.63, 3.8) is 0 Å². The molecule has 2 aromatic rings. The molecule has 3 rings (SSSR count). The number of carbonyl (C=O) groups excluding carboxylic acids is 1. The lowest BCUT2D eigenvalue weighted by atomic mass is 9.98. The van der Waals surface area contributed by atoms with Crippen LogP contribution in [0.4, 0.5) is 0 Å². The van der Waals surface area contributed by atoms with Crippen molar-refractivity contribution in [1.29, 1.82) is 0 Å². The Bertz CT molecular complexity index is 787. The molecule has 6 heteroatoms. The minimum Gasteiger partial charge on any atom is -0.339 e. The fourth-order valence-electron chi connectivity index (χ4n) is 3.04. The van der Waals surface area contributed by atoms with Crippen LogP contribution in [0.1, 0.15) is 23.2 Å². The van der Waals surface area contributed by atoms with Gasteiger partial charge in [-0.05, 0) is 24.8 Å². The second-order valence-corrected chi connectivity index (χ2v) is 9.07. The third-order valence-electron chi connectivity index (χ3n) is 4.15. The zero-order chi connectivity index (χ0) is 15.7. The van der Waals surface area contributed by atoms with Gasteiger partial charge >= 0.3 is 0 Å². The Morgan fingerprint density at radius 2 is 1.95 bits per heavy atom. The largest absolute Gasteiger partial charge is 0.339 e. The van der Waals surface area contributed by atoms with E-state index in [0.717, 1.165) is 28.5 Å². The van der Waals surface area contributed by atoms with Crippen LogP contribution in [0, 0.1) is 5.92 Å². The number of hydrogen-bond acceptors (Lipinski definition) is 4. The average Bonchev–Trinajstić information content (AvgIpc) is 2.89. The van der Waals surface area contributed by atoms with Crippen molar-refractivity contribution in [2.45, 2.75) is 12.8 Å². The molecule has 0 unspecified atom stereocenters. The maximum absolute atomic E-state index is 12.7. The van der Waals surface area contributed by atoms with E-state index < -0.39 is 9.84 Å². The number of thiophene rings is 1. The minimum atomic E-state index is -2.94. The first-order valence-electron chi connectivity index (χ1n) is 7.37. The van der Waals surface area contributed by atoms with Crippen molar-refractivity contribution in [2.75, 3.05) is 25.1 Å². The molecule has 0 radical (unpaired) electrons. The number of fused-ring (bicyclic) bond motifs is 1. The topological polar surface area (TPSA) is 54.5 Å². The maximum Gasteiger partial charge on any atom is 0.255 e. The summed E-state index contributed by atoms with van der Waals surface area (Å²) >= 11 is 1.59. The first-order chi connectivity index (χ1) is 10.4. The molecule has 1 saturated heterocycles. The van der Waals surface area contributed by atoms with E-state index in [1.807, 2.05) is 34.5 Å². The fourth-order valence-corrected chi connectivity index (χ4v) is 5.17. The molecule has 22 heavy (non-hydrogen) atoms. The van der Waals surface area contributed by atoms with E-state index in [4.69, 9.17) is 0 Å². The highest BCUT2D eigenvalue weighted by Crippen LogP contribution is 2.28. The highest BCUT2D eigenvalue weighted by atomic mass is 32.2. The number of nitrogens with zero attached hydrogens (tertiary/aromatic N) is 1. The Labute approximate surface area is 134 Å². The van der Waals surface area contributed by atoms with Gasteiger partial charge in [0.1, 0.15) is 9.84 Å². The molecular formula is C16H19NO3S2. The number of piperidine rings is 1. The quantitative estimate of drug-likeness (QED) is 0.865. The van der Waals surface area contributed by atoms with Crippen molar-refractivity contribution >= 4 is 37.2 Å². The van der Waals surface area contributed by atoms with Crippen molar-refractivity contribution in [2.24, 2.45) is 5.92 Å². The lowest BCUT2D eigenvalue weighted by molar-refractivity contribution is 0.0701. The van der Waals surface area contributed by atoms with E-state index >= 15 is 0 Å². The summed E-state index contributed by atoms with van der Waals surface area (Å²) in [5.41, 5.74) is 0.766. The van der Waals surface area contributed by atoms with Crippen LogP contribution in [0.3, 0.4) is 0 Å². The highest BCUT2D eigenvalue weighted by molar-refractivity contribution is 7.90. The summed E-state index contributed by atoms with van der Waals surface area (Å²) in [4.78, 5) is 14.5. The van der Waals surface area contributed by atoms with Gasteiger partial charge < -0.3 is 4.90 Å². The van der Waals surface area contributed by atoms with Gasteiger partial charge in [-0.25, -0.2) is 8.42 Å². The van der Waals surface area contributed by atoms with Crippen molar-refractivity contribution in [3.8, 4) is 0 Å². The fraction of sp³-hybridized carbons (Fsp3) is 0.438. The molecule has 0 aliphatic carbocycles. The molecule has 0 saturated carbocycles. The van der Waals surface area contributed by atoms with E-state index in [9.17, 15) is 13.2 Å². The molecule has 0 N–H and O–H groups in total. The first kappa shape index (κ1) is 15.5. The van der Waals surface area contributed by atoms with Crippen LogP contribution in [0.15, 0.2) is 29.6 Å². The number of rotatable bonds is 3. The zero-order valence-corrected chi connectivity index (χ0v) is 14.1. The summed E-state index contributed by atoms with van der Waals surface area (Å²) < 4.78 is 23.9. The van der Waals surface area contributed by atoms with Crippen LogP contribution >= 0.6 is 11.3 Å². The third-order valence-corrected chi connectivity index (χ3v) is 6.19. The van der Waals surface area contributed by atoms with Gasteiger partial charge in [0.25, 0.3) is 5.91 Å². The Morgan fingerprint density at radius 1 is 1.27 bits per heavy atom. The highest BCUT2D eigenvalue weighted by Gasteiger charge is 2.26. The van der Waals surface area contributed by atoms with Gasteiger partial charge in [0.2, 0.25) is 0 Å². The standard InChI is InChI=1S/C16H19NO3S2/c1-22(19,20)11-12-6-8-17(9-7-12)16(18)14-10-21-15-5-3-2-4-13(14)15/h2-5,10,12H,6-9,11H2,1H3. The van der Waals surface area contributed by atoms with Crippen molar-refractivity contribution in [3.05, 3.63) is 35.2 Å². The summed E-state index contributed by atoms with van der Waals surface area (Å²) in [5, 5.41) is 2.94.